The normalized spacial score (nSPS) is 16.8. The molecule has 0 saturated carbocycles. The molecule has 1 aromatic heterocycles. The van der Waals surface area contributed by atoms with Crippen LogP contribution in [0, 0.1) is 6.92 Å². The molecule has 1 aliphatic heterocycles. The van der Waals surface area contributed by atoms with Crippen LogP contribution < -0.4 is 0 Å². The summed E-state index contributed by atoms with van der Waals surface area (Å²) in [7, 11) is 0. The molecule has 0 aromatic carbocycles. The van der Waals surface area contributed by atoms with Gasteiger partial charge in [-0.15, -0.1) is 10.2 Å². The SMILES string of the molecule is Cc1nnc(CCCN2CCN(C(=O)CO)CC2)o1. The molecule has 1 amide bonds. The number of hydrogen-bond acceptors (Lipinski definition) is 6. The smallest absolute Gasteiger partial charge is 0.248 e. The Morgan fingerprint density at radius 2 is 2.05 bits per heavy atom. The summed E-state index contributed by atoms with van der Waals surface area (Å²) in [4.78, 5) is 15.3. The molecule has 0 spiro atoms. The van der Waals surface area contributed by atoms with Gasteiger partial charge in [0.15, 0.2) is 0 Å². The highest BCUT2D eigenvalue weighted by molar-refractivity contribution is 5.77. The fraction of sp³-hybridized carbons (Fsp3) is 0.750. The minimum absolute atomic E-state index is 0.180. The summed E-state index contributed by atoms with van der Waals surface area (Å²) in [6.45, 7) is 5.45. The van der Waals surface area contributed by atoms with Crippen molar-refractivity contribution >= 4 is 5.91 Å². The first kappa shape index (κ1) is 14.0. The van der Waals surface area contributed by atoms with Gasteiger partial charge in [-0.05, 0) is 13.0 Å². The standard InChI is InChI=1S/C12H20N4O3/c1-10-13-14-11(19-10)3-2-4-15-5-7-16(8-6-15)12(18)9-17/h17H,2-9H2,1H3. The van der Waals surface area contributed by atoms with Crippen molar-refractivity contribution in [2.24, 2.45) is 0 Å². The number of carbonyl (C=O) groups excluding carboxylic acids is 1. The van der Waals surface area contributed by atoms with Crippen molar-refractivity contribution in [3.63, 3.8) is 0 Å². The Morgan fingerprint density at radius 1 is 1.32 bits per heavy atom. The molecule has 0 unspecified atom stereocenters. The van der Waals surface area contributed by atoms with E-state index in [1.54, 1.807) is 11.8 Å². The Balaban J connectivity index is 1.64. The highest BCUT2D eigenvalue weighted by atomic mass is 16.4. The van der Waals surface area contributed by atoms with Crippen molar-refractivity contribution in [1.82, 2.24) is 20.0 Å². The van der Waals surface area contributed by atoms with Crippen LogP contribution >= 0.6 is 0 Å². The zero-order valence-corrected chi connectivity index (χ0v) is 11.2. The van der Waals surface area contributed by atoms with Crippen LogP contribution in [-0.2, 0) is 11.2 Å². The summed E-state index contributed by atoms with van der Waals surface area (Å²) < 4.78 is 5.31. The monoisotopic (exact) mass is 268 g/mol. The molecule has 0 aliphatic carbocycles. The lowest BCUT2D eigenvalue weighted by molar-refractivity contribution is -0.135. The third-order valence-corrected chi connectivity index (χ3v) is 3.29. The van der Waals surface area contributed by atoms with Gasteiger partial charge in [0.2, 0.25) is 17.7 Å². The van der Waals surface area contributed by atoms with Gasteiger partial charge in [0, 0.05) is 39.5 Å². The number of aryl methyl sites for hydroxylation is 2. The summed E-state index contributed by atoms with van der Waals surface area (Å²) in [5, 5.41) is 16.5. The van der Waals surface area contributed by atoms with Crippen LogP contribution in [0.1, 0.15) is 18.2 Å². The number of rotatable bonds is 5. The molecule has 0 radical (unpaired) electrons. The molecule has 7 heteroatoms. The molecule has 0 atom stereocenters. The number of piperazine rings is 1. The lowest BCUT2D eigenvalue weighted by atomic mass is 10.2. The fourth-order valence-electron chi connectivity index (χ4n) is 2.21. The number of aliphatic hydroxyl groups is 1. The Labute approximate surface area is 112 Å². The van der Waals surface area contributed by atoms with Crippen molar-refractivity contribution in [3.05, 3.63) is 11.8 Å². The van der Waals surface area contributed by atoms with Crippen LogP contribution in [0.3, 0.4) is 0 Å². The van der Waals surface area contributed by atoms with Gasteiger partial charge < -0.3 is 14.4 Å². The predicted octanol–water partition coefficient (Wildman–Crippen LogP) is -0.553. The maximum absolute atomic E-state index is 11.3. The van der Waals surface area contributed by atoms with E-state index < -0.39 is 6.61 Å². The number of aliphatic hydroxyl groups excluding tert-OH is 1. The van der Waals surface area contributed by atoms with Crippen LogP contribution in [0.25, 0.3) is 0 Å². The Kier molecular flexibility index (Phi) is 4.86. The second-order valence-electron chi connectivity index (χ2n) is 4.70. The van der Waals surface area contributed by atoms with E-state index in [0.717, 1.165) is 32.5 Å². The maximum atomic E-state index is 11.3. The molecule has 2 rings (SSSR count). The van der Waals surface area contributed by atoms with Gasteiger partial charge in [0.25, 0.3) is 0 Å². The molecule has 1 aliphatic rings. The first-order valence-electron chi connectivity index (χ1n) is 6.59. The average Bonchev–Trinajstić information content (AvgIpc) is 2.84. The Morgan fingerprint density at radius 3 is 2.63 bits per heavy atom. The van der Waals surface area contributed by atoms with E-state index in [0.29, 0.717) is 24.9 Å². The highest BCUT2D eigenvalue weighted by Gasteiger charge is 2.19. The summed E-state index contributed by atoms with van der Waals surface area (Å²) in [5.74, 6) is 1.11. The summed E-state index contributed by atoms with van der Waals surface area (Å²) in [6, 6.07) is 0. The first-order chi connectivity index (χ1) is 9.19. The number of amides is 1. The quantitative estimate of drug-likeness (QED) is 0.771. The highest BCUT2D eigenvalue weighted by Crippen LogP contribution is 2.06. The van der Waals surface area contributed by atoms with E-state index >= 15 is 0 Å². The molecule has 7 nitrogen and oxygen atoms in total. The number of carbonyl (C=O) groups is 1. The molecule has 1 fully saturated rings. The van der Waals surface area contributed by atoms with Gasteiger partial charge >= 0.3 is 0 Å². The molecule has 1 N–H and O–H groups in total. The minimum atomic E-state index is -0.392. The van der Waals surface area contributed by atoms with Gasteiger partial charge in [0.1, 0.15) is 6.61 Å². The molecule has 106 valence electrons. The van der Waals surface area contributed by atoms with Crippen molar-refractivity contribution in [3.8, 4) is 0 Å². The van der Waals surface area contributed by atoms with Crippen LogP contribution in [-0.4, -0.2) is 70.3 Å². The Bertz CT molecular complexity index is 413. The van der Waals surface area contributed by atoms with E-state index in [4.69, 9.17) is 9.52 Å². The van der Waals surface area contributed by atoms with Crippen LogP contribution in [0.15, 0.2) is 4.42 Å². The van der Waals surface area contributed by atoms with Crippen LogP contribution in [0.5, 0.6) is 0 Å². The molecular formula is C12H20N4O3. The van der Waals surface area contributed by atoms with Gasteiger partial charge in [-0.1, -0.05) is 0 Å². The van der Waals surface area contributed by atoms with Gasteiger partial charge in [-0.25, -0.2) is 0 Å². The zero-order chi connectivity index (χ0) is 13.7. The van der Waals surface area contributed by atoms with E-state index in [1.165, 1.54) is 0 Å². The first-order valence-corrected chi connectivity index (χ1v) is 6.59. The van der Waals surface area contributed by atoms with E-state index in [1.807, 2.05) is 0 Å². The molecule has 19 heavy (non-hydrogen) atoms. The molecule has 1 aromatic rings. The van der Waals surface area contributed by atoms with Gasteiger partial charge in [0.05, 0.1) is 0 Å². The van der Waals surface area contributed by atoms with Crippen molar-refractivity contribution in [2.75, 3.05) is 39.3 Å². The number of aromatic nitrogens is 2. The van der Waals surface area contributed by atoms with Crippen molar-refractivity contribution in [1.29, 1.82) is 0 Å². The summed E-state index contributed by atoms with van der Waals surface area (Å²) in [6.07, 6.45) is 1.76. The van der Waals surface area contributed by atoms with Crippen molar-refractivity contribution in [2.45, 2.75) is 19.8 Å². The lowest BCUT2D eigenvalue weighted by Crippen LogP contribution is -2.49. The molecule has 2 heterocycles. The zero-order valence-electron chi connectivity index (χ0n) is 11.2. The van der Waals surface area contributed by atoms with E-state index in [-0.39, 0.29) is 5.91 Å². The van der Waals surface area contributed by atoms with Gasteiger partial charge in [-0.2, -0.15) is 0 Å². The second-order valence-corrected chi connectivity index (χ2v) is 4.70. The topological polar surface area (TPSA) is 82.7 Å². The lowest BCUT2D eigenvalue weighted by Gasteiger charge is -2.34. The van der Waals surface area contributed by atoms with E-state index in [9.17, 15) is 4.79 Å². The second kappa shape index (κ2) is 6.63. The maximum Gasteiger partial charge on any atom is 0.248 e. The predicted molar refractivity (Wildman–Crippen MR) is 67.5 cm³/mol. The average molecular weight is 268 g/mol. The molecule has 1 saturated heterocycles. The molecule has 0 bridgehead atoms. The largest absolute Gasteiger partial charge is 0.426 e. The summed E-state index contributed by atoms with van der Waals surface area (Å²) in [5.41, 5.74) is 0. The molecular weight excluding hydrogens is 248 g/mol. The fourth-order valence-corrected chi connectivity index (χ4v) is 2.21. The third kappa shape index (κ3) is 4.00. The number of nitrogens with zero attached hydrogens (tertiary/aromatic N) is 4. The van der Waals surface area contributed by atoms with E-state index in [2.05, 4.69) is 15.1 Å². The Hall–Kier alpha value is -1.47. The van der Waals surface area contributed by atoms with Crippen LogP contribution in [0.4, 0.5) is 0 Å². The number of hydrogen-bond donors (Lipinski definition) is 1. The van der Waals surface area contributed by atoms with Crippen LogP contribution in [0.2, 0.25) is 0 Å². The van der Waals surface area contributed by atoms with Crippen molar-refractivity contribution < 1.29 is 14.3 Å². The minimum Gasteiger partial charge on any atom is -0.426 e. The summed E-state index contributed by atoms with van der Waals surface area (Å²) >= 11 is 0. The van der Waals surface area contributed by atoms with Gasteiger partial charge in [-0.3, -0.25) is 9.69 Å². The third-order valence-electron chi connectivity index (χ3n) is 3.29.